The predicted octanol–water partition coefficient (Wildman–Crippen LogP) is 2.37. The number of hydrogen-bond donors (Lipinski definition) is 2. The Balaban J connectivity index is 2.35. The first-order valence-electron chi connectivity index (χ1n) is 6.50. The maximum atomic E-state index is 12.5. The number of aryl methyl sites for hydroxylation is 1. The molecule has 0 aliphatic heterocycles. The minimum absolute atomic E-state index is 0.372. The molecule has 1 aromatic carbocycles. The molecule has 0 spiro atoms. The number of ether oxygens (including phenoxy) is 1. The standard InChI is InChI=1S/C14H18F3NO2/c1-20-11-5-4-10-3-2-6-13(9-19,12(10)7-11)18-8-14(15,16)17/h4-5,7,18-19H,2-3,6,8-9H2,1H3. The number of rotatable bonds is 4. The van der Waals surface area contributed by atoms with Crippen LogP contribution in [-0.2, 0) is 12.0 Å². The van der Waals surface area contributed by atoms with Crippen molar-refractivity contribution in [2.45, 2.75) is 31.0 Å². The number of methoxy groups -OCH3 is 1. The van der Waals surface area contributed by atoms with Crippen molar-refractivity contribution in [2.75, 3.05) is 20.3 Å². The summed E-state index contributed by atoms with van der Waals surface area (Å²) in [6.45, 7) is -1.49. The highest BCUT2D eigenvalue weighted by molar-refractivity contribution is 5.42. The van der Waals surface area contributed by atoms with Gasteiger partial charge in [0.25, 0.3) is 0 Å². The van der Waals surface area contributed by atoms with E-state index < -0.39 is 18.3 Å². The highest BCUT2D eigenvalue weighted by Gasteiger charge is 2.39. The van der Waals surface area contributed by atoms with Crippen LogP contribution in [0.3, 0.4) is 0 Å². The first kappa shape index (κ1) is 15.1. The highest BCUT2D eigenvalue weighted by atomic mass is 19.4. The van der Waals surface area contributed by atoms with Crippen molar-refractivity contribution in [1.82, 2.24) is 5.32 Å². The van der Waals surface area contributed by atoms with Crippen LogP contribution in [0.25, 0.3) is 0 Å². The van der Waals surface area contributed by atoms with Gasteiger partial charge in [-0.25, -0.2) is 0 Å². The largest absolute Gasteiger partial charge is 0.497 e. The fraction of sp³-hybridized carbons (Fsp3) is 0.571. The Morgan fingerprint density at radius 2 is 2.15 bits per heavy atom. The summed E-state index contributed by atoms with van der Waals surface area (Å²) in [6, 6.07) is 5.36. The van der Waals surface area contributed by atoms with Gasteiger partial charge in [-0.05, 0) is 42.5 Å². The average molecular weight is 289 g/mol. The van der Waals surface area contributed by atoms with Crippen molar-refractivity contribution in [3.63, 3.8) is 0 Å². The van der Waals surface area contributed by atoms with Crippen LogP contribution in [-0.4, -0.2) is 31.5 Å². The topological polar surface area (TPSA) is 41.5 Å². The van der Waals surface area contributed by atoms with Gasteiger partial charge in [-0.15, -0.1) is 0 Å². The van der Waals surface area contributed by atoms with Crippen molar-refractivity contribution in [3.8, 4) is 5.75 Å². The Morgan fingerprint density at radius 3 is 2.75 bits per heavy atom. The third-order valence-corrected chi connectivity index (χ3v) is 3.78. The van der Waals surface area contributed by atoms with E-state index in [-0.39, 0.29) is 6.61 Å². The van der Waals surface area contributed by atoms with E-state index in [1.807, 2.05) is 6.07 Å². The molecule has 3 nitrogen and oxygen atoms in total. The lowest BCUT2D eigenvalue weighted by Gasteiger charge is -2.39. The molecule has 0 saturated carbocycles. The summed E-state index contributed by atoms with van der Waals surface area (Å²) >= 11 is 0. The minimum atomic E-state index is -4.31. The molecule has 0 radical (unpaired) electrons. The van der Waals surface area contributed by atoms with Gasteiger partial charge in [0.1, 0.15) is 5.75 Å². The lowest BCUT2D eigenvalue weighted by molar-refractivity contribution is -0.130. The van der Waals surface area contributed by atoms with Gasteiger partial charge in [0.05, 0.1) is 25.8 Å². The molecule has 0 fully saturated rings. The number of fused-ring (bicyclic) bond motifs is 1. The second kappa shape index (κ2) is 5.61. The predicted molar refractivity (Wildman–Crippen MR) is 68.8 cm³/mol. The summed E-state index contributed by atoms with van der Waals surface area (Å²) < 4.78 is 42.5. The van der Waals surface area contributed by atoms with E-state index in [1.165, 1.54) is 7.11 Å². The number of aliphatic hydroxyl groups is 1. The molecule has 2 N–H and O–H groups in total. The first-order valence-corrected chi connectivity index (χ1v) is 6.50. The van der Waals surface area contributed by atoms with E-state index in [4.69, 9.17) is 4.74 Å². The lowest BCUT2D eigenvalue weighted by Crippen LogP contribution is -2.51. The number of benzene rings is 1. The molecule has 1 unspecified atom stereocenters. The molecule has 6 heteroatoms. The average Bonchev–Trinajstić information content (AvgIpc) is 2.43. The molecule has 0 saturated heterocycles. The summed E-state index contributed by atoms with van der Waals surface area (Å²) in [5, 5.41) is 12.2. The van der Waals surface area contributed by atoms with E-state index >= 15 is 0 Å². The SMILES string of the molecule is COc1ccc2c(c1)C(CO)(NCC(F)(F)F)CCC2. The summed E-state index contributed by atoms with van der Waals surface area (Å²) in [4.78, 5) is 0. The molecule has 1 atom stereocenters. The zero-order valence-electron chi connectivity index (χ0n) is 11.3. The van der Waals surface area contributed by atoms with Gasteiger partial charge in [-0.1, -0.05) is 6.07 Å². The number of hydrogen-bond acceptors (Lipinski definition) is 3. The Kier molecular flexibility index (Phi) is 4.25. The first-order chi connectivity index (χ1) is 9.40. The molecule has 112 valence electrons. The second-order valence-electron chi connectivity index (χ2n) is 5.09. The molecule has 0 bridgehead atoms. The monoisotopic (exact) mass is 289 g/mol. The van der Waals surface area contributed by atoms with E-state index in [1.54, 1.807) is 12.1 Å². The van der Waals surface area contributed by atoms with Crippen LogP contribution in [0.1, 0.15) is 24.0 Å². The molecule has 1 aliphatic carbocycles. The normalized spacial score (nSPS) is 22.4. The Morgan fingerprint density at radius 1 is 1.40 bits per heavy atom. The van der Waals surface area contributed by atoms with E-state index in [2.05, 4.69) is 5.32 Å². The number of nitrogens with one attached hydrogen (secondary N) is 1. The van der Waals surface area contributed by atoms with E-state index in [0.717, 1.165) is 18.4 Å². The summed E-state index contributed by atoms with van der Waals surface area (Å²) in [6.07, 6.45) is -2.29. The minimum Gasteiger partial charge on any atom is -0.497 e. The van der Waals surface area contributed by atoms with E-state index in [9.17, 15) is 18.3 Å². The molecular formula is C14H18F3NO2. The van der Waals surface area contributed by atoms with Gasteiger partial charge in [0, 0.05) is 0 Å². The third-order valence-electron chi connectivity index (χ3n) is 3.78. The zero-order chi connectivity index (χ0) is 14.8. The van der Waals surface area contributed by atoms with Crippen LogP contribution in [0.15, 0.2) is 18.2 Å². The van der Waals surface area contributed by atoms with Gasteiger partial charge >= 0.3 is 6.18 Å². The highest BCUT2D eigenvalue weighted by Crippen LogP contribution is 2.37. The Hall–Kier alpha value is -1.27. The van der Waals surface area contributed by atoms with Gasteiger partial charge in [-0.3, -0.25) is 5.32 Å². The van der Waals surface area contributed by atoms with Crippen LogP contribution in [0.2, 0.25) is 0 Å². The number of alkyl halides is 3. The summed E-state index contributed by atoms with van der Waals surface area (Å²) in [7, 11) is 1.51. The van der Waals surface area contributed by atoms with Crippen molar-refractivity contribution >= 4 is 0 Å². The molecule has 1 aliphatic rings. The molecule has 0 aromatic heterocycles. The van der Waals surface area contributed by atoms with Crippen LogP contribution in [0.5, 0.6) is 5.75 Å². The second-order valence-corrected chi connectivity index (χ2v) is 5.09. The molecule has 20 heavy (non-hydrogen) atoms. The zero-order valence-corrected chi connectivity index (χ0v) is 11.3. The van der Waals surface area contributed by atoms with E-state index in [0.29, 0.717) is 17.7 Å². The lowest BCUT2D eigenvalue weighted by atomic mass is 9.76. The summed E-state index contributed by atoms with van der Waals surface area (Å²) in [5.41, 5.74) is 0.619. The molecule has 0 heterocycles. The quantitative estimate of drug-likeness (QED) is 0.894. The smallest absolute Gasteiger partial charge is 0.401 e. The molecule has 0 amide bonds. The van der Waals surface area contributed by atoms with Gasteiger partial charge in [-0.2, -0.15) is 13.2 Å². The van der Waals surface area contributed by atoms with Crippen LogP contribution < -0.4 is 10.1 Å². The van der Waals surface area contributed by atoms with Gasteiger partial charge < -0.3 is 9.84 Å². The Bertz CT molecular complexity index is 476. The van der Waals surface area contributed by atoms with Crippen molar-refractivity contribution in [1.29, 1.82) is 0 Å². The Labute approximate surface area is 115 Å². The van der Waals surface area contributed by atoms with Gasteiger partial charge in [0.15, 0.2) is 0 Å². The van der Waals surface area contributed by atoms with Crippen LogP contribution in [0, 0.1) is 0 Å². The molecule has 1 aromatic rings. The molecular weight excluding hydrogens is 271 g/mol. The number of aliphatic hydroxyl groups excluding tert-OH is 1. The van der Waals surface area contributed by atoms with Crippen LogP contribution in [0.4, 0.5) is 13.2 Å². The van der Waals surface area contributed by atoms with Crippen molar-refractivity contribution < 1.29 is 23.0 Å². The van der Waals surface area contributed by atoms with Gasteiger partial charge in [0.2, 0.25) is 0 Å². The maximum Gasteiger partial charge on any atom is 0.401 e. The fourth-order valence-electron chi connectivity index (χ4n) is 2.73. The maximum absolute atomic E-state index is 12.5. The number of halogens is 3. The summed E-state index contributed by atoms with van der Waals surface area (Å²) in [5.74, 6) is 0.581. The van der Waals surface area contributed by atoms with Crippen molar-refractivity contribution in [2.24, 2.45) is 0 Å². The van der Waals surface area contributed by atoms with Crippen LogP contribution >= 0.6 is 0 Å². The van der Waals surface area contributed by atoms with Crippen molar-refractivity contribution in [3.05, 3.63) is 29.3 Å². The molecule has 2 rings (SSSR count). The third kappa shape index (κ3) is 3.07. The fourth-order valence-corrected chi connectivity index (χ4v) is 2.73.